The summed E-state index contributed by atoms with van der Waals surface area (Å²) in [6.07, 6.45) is 3.23. The molecule has 1 amide bonds. The fraction of sp³-hybridized carbons (Fsp3) is 0.111. The molecule has 2 N–H and O–H groups in total. The molecule has 0 fully saturated rings. The van der Waals surface area contributed by atoms with E-state index in [0.717, 1.165) is 5.69 Å². The summed E-state index contributed by atoms with van der Waals surface area (Å²) in [5.74, 6) is 0.482. The Labute approximate surface area is 134 Å². The Balaban J connectivity index is 1.53. The fourth-order valence-electron chi connectivity index (χ4n) is 2.10. The Bertz CT molecular complexity index is 738. The first-order chi connectivity index (χ1) is 11.3. The van der Waals surface area contributed by atoms with Gasteiger partial charge in [0.15, 0.2) is 0 Å². The summed E-state index contributed by atoms with van der Waals surface area (Å²) < 4.78 is 5.17. The summed E-state index contributed by atoms with van der Waals surface area (Å²) in [5, 5.41) is 6.04. The molecule has 5 heteroatoms. The topological polar surface area (TPSA) is 67.2 Å². The normalized spacial score (nSPS) is 10.3. The summed E-state index contributed by atoms with van der Waals surface area (Å²) in [6.45, 7) is 1.06. The van der Waals surface area contributed by atoms with Crippen molar-refractivity contribution in [1.29, 1.82) is 0 Å². The molecule has 0 aliphatic heterocycles. The van der Waals surface area contributed by atoms with Gasteiger partial charge in [-0.1, -0.05) is 30.3 Å². The molecule has 1 aromatic carbocycles. The van der Waals surface area contributed by atoms with Gasteiger partial charge < -0.3 is 15.1 Å². The molecule has 0 spiro atoms. The molecule has 5 nitrogen and oxygen atoms in total. The van der Waals surface area contributed by atoms with Gasteiger partial charge in [0.05, 0.1) is 24.7 Å². The van der Waals surface area contributed by atoms with E-state index < -0.39 is 0 Å². The van der Waals surface area contributed by atoms with E-state index in [0.29, 0.717) is 24.5 Å². The smallest absolute Gasteiger partial charge is 0.270 e. The van der Waals surface area contributed by atoms with Crippen molar-refractivity contribution in [1.82, 2.24) is 10.3 Å². The van der Waals surface area contributed by atoms with Crippen LogP contribution in [0.25, 0.3) is 0 Å². The van der Waals surface area contributed by atoms with Crippen LogP contribution in [0.4, 0.5) is 5.69 Å². The maximum atomic E-state index is 12.0. The number of rotatable bonds is 6. The van der Waals surface area contributed by atoms with Gasteiger partial charge in [0, 0.05) is 6.54 Å². The van der Waals surface area contributed by atoms with Gasteiger partial charge in [0.25, 0.3) is 5.91 Å². The number of anilines is 1. The Kier molecular flexibility index (Phi) is 4.69. The lowest BCUT2D eigenvalue weighted by Gasteiger charge is -2.07. The Morgan fingerprint density at radius 3 is 2.57 bits per heavy atom. The molecular weight excluding hydrogens is 290 g/mol. The monoisotopic (exact) mass is 307 g/mol. The summed E-state index contributed by atoms with van der Waals surface area (Å²) in [6, 6.07) is 17.2. The molecule has 0 saturated heterocycles. The van der Waals surface area contributed by atoms with E-state index in [1.807, 2.05) is 30.3 Å². The van der Waals surface area contributed by atoms with Gasteiger partial charge in [-0.15, -0.1) is 0 Å². The molecule has 2 heterocycles. The minimum Gasteiger partial charge on any atom is -0.467 e. The van der Waals surface area contributed by atoms with Gasteiger partial charge in [-0.05, 0) is 29.8 Å². The van der Waals surface area contributed by atoms with Crippen molar-refractivity contribution in [2.24, 2.45) is 0 Å². The molecule has 2 aromatic heterocycles. The number of aromatic nitrogens is 1. The van der Waals surface area contributed by atoms with Crippen molar-refractivity contribution in [2.75, 3.05) is 5.32 Å². The van der Waals surface area contributed by atoms with E-state index in [4.69, 9.17) is 4.42 Å². The first kappa shape index (κ1) is 14.8. The van der Waals surface area contributed by atoms with Gasteiger partial charge in [0.2, 0.25) is 0 Å². The molecule has 0 aliphatic rings. The minimum atomic E-state index is -0.226. The minimum absolute atomic E-state index is 0.226. The van der Waals surface area contributed by atoms with Crippen LogP contribution < -0.4 is 10.6 Å². The molecule has 0 aliphatic carbocycles. The van der Waals surface area contributed by atoms with E-state index in [1.54, 1.807) is 24.6 Å². The average molecular weight is 307 g/mol. The Morgan fingerprint density at radius 2 is 1.87 bits per heavy atom. The molecule has 0 unspecified atom stereocenters. The van der Waals surface area contributed by atoms with Crippen LogP contribution in [0.15, 0.2) is 71.5 Å². The summed E-state index contributed by atoms with van der Waals surface area (Å²) in [7, 11) is 0. The lowest BCUT2D eigenvalue weighted by atomic mass is 10.2. The molecule has 3 aromatic rings. The highest BCUT2D eigenvalue weighted by Gasteiger charge is 2.07. The summed E-state index contributed by atoms with van der Waals surface area (Å²) in [5.41, 5.74) is 2.44. The van der Waals surface area contributed by atoms with E-state index in [-0.39, 0.29) is 5.91 Å². The highest BCUT2D eigenvalue weighted by molar-refractivity contribution is 5.92. The van der Waals surface area contributed by atoms with Gasteiger partial charge >= 0.3 is 0 Å². The van der Waals surface area contributed by atoms with Gasteiger partial charge in [-0.3, -0.25) is 4.79 Å². The first-order valence-electron chi connectivity index (χ1n) is 7.36. The SMILES string of the molecule is O=C(NCc1ccco1)c1ccc(NCc2ccccc2)cn1. The quantitative estimate of drug-likeness (QED) is 0.734. The lowest BCUT2D eigenvalue weighted by molar-refractivity contribution is 0.0943. The van der Waals surface area contributed by atoms with Crippen LogP contribution in [0.3, 0.4) is 0 Å². The van der Waals surface area contributed by atoms with Crippen molar-refractivity contribution >= 4 is 11.6 Å². The standard InChI is InChI=1S/C18H17N3O2/c22-18(21-13-16-7-4-10-23-16)17-9-8-15(12-20-17)19-11-14-5-2-1-3-6-14/h1-10,12,19H,11,13H2,(H,21,22). The molecule has 116 valence electrons. The molecule has 0 radical (unpaired) electrons. The fourth-order valence-corrected chi connectivity index (χ4v) is 2.10. The Morgan fingerprint density at radius 1 is 1.00 bits per heavy atom. The van der Waals surface area contributed by atoms with Crippen molar-refractivity contribution in [3.63, 3.8) is 0 Å². The van der Waals surface area contributed by atoms with E-state index in [9.17, 15) is 4.79 Å². The highest BCUT2D eigenvalue weighted by Crippen LogP contribution is 2.09. The number of hydrogen-bond donors (Lipinski definition) is 2. The predicted octanol–water partition coefficient (Wildman–Crippen LogP) is 3.22. The number of nitrogens with one attached hydrogen (secondary N) is 2. The first-order valence-corrected chi connectivity index (χ1v) is 7.36. The van der Waals surface area contributed by atoms with Crippen LogP contribution in [0.5, 0.6) is 0 Å². The molecule has 0 saturated carbocycles. The second-order valence-electron chi connectivity index (χ2n) is 5.03. The number of carbonyl (C=O) groups excluding carboxylic acids is 1. The average Bonchev–Trinajstić information content (AvgIpc) is 3.13. The maximum Gasteiger partial charge on any atom is 0.270 e. The number of amides is 1. The highest BCUT2D eigenvalue weighted by atomic mass is 16.3. The molecule has 0 bridgehead atoms. The van der Waals surface area contributed by atoms with Crippen LogP contribution >= 0.6 is 0 Å². The number of furan rings is 1. The summed E-state index contributed by atoms with van der Waals surface area (Å²) >= 11 is 0. The van der Waals surface area contributed by atoms with Gasteiger partial charge in [-0.25, -0.2) is 4.98 Å². The summed E-state index contributed by atoms with van der Waals surface area (Å²) in [4.78, 5) is 16.2. The van der Waals surface area contributed by atoms with Crippen LogP contribution in [0, 0.1) is 0 Å². The van der Waals surface area contributed by atoms with Crippen LogP contribution in [0.2, 0.25) is 0 Å². The van der Waals surface area contributed by atoms with Crippen molar-refractivity contribution in [3.8, 4) is 0 Å². The van der Waals surface area contributed by atoms with Crippen molar-refractivity contribution < 1.29 is 9.21 Å². The number of pyridine rings is 1. The number of benzene rings is 1. The van der Waals surface area contributed by atoms with E-state index in [1.165, 1.54) is 5.56 Å². The van der Waals surface area contributed by atoms with Gasteiger partial charge in [0.1, 0.15) is 11.5 Å². The molecule has 23 heavy (non-hydrogen) atoms. The van der Waals surface area contributed by atoms with Crippen LogP contribution in [-0.4, -0.2) is 10.9 Å². The predicted molar refractivity (Wildman–Crippen MR) is 87.9 cm³/mol. The lowest BCUT2D eigenvalue weighted by Crippen LogP contribution is -2.23. The number of nitrogens with zero attached hydrogens (tertiary/aromatic N) is 1. The largest absolute Gasteiger partial charge is 0.467 e. The second-order valence-corrected chi connectivity index (χ2v) is 5.03. The third kappa shape index (κ3) is 4.20. The molecule has 0 atom stereocenters. The third-order valence-corrected chi connectivity index (χ3v) is 3.34. The zero-order valence-corrected chi connectivity index (χ0v) is 12.5. The van der Waals surface area contributed by atoms with Crippen molar-refractivity contribution in [2.45, 2.75) is 13.1 Å². The number of hydrogen-bond acceptors (Lipinski definition) is 4. The van der Waals surface area contributed by atoms with Crippen LogP contribution in [0.1, 0.15) is 21.8 Å². The molecule has 3 rings (SSSR count). The van der Waals surface area contributed by atoms with E-state index >= 15 is 0 Å². The van der Waals surface area contributed by atoms with E-state index in [2.05, 4.69) is 27.8 Å². The zero-order chi connectivity index (χ0) is 15.9. The van der Waals surface area contributed by atoms with Crippen LogP contribution in [-0.2, 0) is 13.1 Å². The maximum absolute atomic E-state index is 12.0. The van der Waals surface area contributed by atoms with Gasteiger partial charge in [-0.2, -0.15) is 0 Å². The zero-order valence-electron chi connectivity index (χ0n) is 12.5. The Hall–Kier alpha value is -3.08. The number of carbonyl (C=O) groups is 1. The third-order valence-electron chi connectivity index (χ3n) is 3.34. The molecular formula is C18H17N3O2. The van der Waals surface area contributed by atoms with Crippen molar-refractivity contribution in [3.05, 3.63) is 84.1 Å². The second kappa shape index (κ2) is 7.26.